The maximum absolute atomic E-state index is 13.6. The molecule has 6 rings (SSSR count). The van der Waals surface area contributed by atoms with Crippen molar-refractivity contribution in [1.29, 1.82) is 0 Å². The minimum absolute atomic E-state index is 0.0990. The Bertz CT molecular complexity index is 2010. The van der Waals surface area contributed by atoms with Gasteiger partial charge in [-0.2, -0.15) is 0 Å². The van der Waals surface area contributed by atoms with Crippen LogP contribution in [0.15, 0.2) is 84.9 Å². The molecular formula is C42H44N6O8. The van der Waals surface area contributed by atoms with Gasteiger partial charge in [0, 0.05) is 35.6 Å². The lowest BCUT2D eigenvalue weighted by atomic mass is 9.94. The second-order valence-corrected chi connectivity index (χ2v) is 14.0. The Morgan fingerprint density at radius 1 is 0.554 bits per heavy atom. The monoisotopic (exact) mass is 760 g/mol. The van der Waals surface area contributed by atoms with E-state index in [-0.39, 0.29) is 36.0 Å². The average molecular weight is 761 g/mol. The molecule has 2 heterocycles. The molecule has 6 amide bonds. The summed E-state index contributed by atoms with van der Waals surface area (Å²) < 4.78 is 0. The number of nitrogens with zero attached hydrogens (tertiary/aromatic N) is 2. The van der Waals surface area contributed by atoms with Crippen molar-refractivity contribution in [3.8, 4) is 11.1 Å². The molecule has 6 N–H and O–H groups in total. The van der Waals surface area contributed by atoms with E-state index in [1.165, 1.54) is 0 Å². The predicted octanol–water partition coefficient (Wildman–Crippen LogP) is 6.49. The van der Waals surface area contributed by atoms with E-state index < -0.39 is 36.1 Å². The minimum atomic E-state index is -1.39. The van der Waals surface area contributed by atoms with E-state index in [0.29, 0.717) is 72.4 Å². The number of nitrogens with one attached hydrogen (secondary N) is 4. The number of likely N-dealkylation sites (tertiary alicyclic amines) is 2. The van der Waals surface area contributed by atoms with Crippen LogP contribution in [0.2, 0.25) is 0 Å². The minimum Gasteiger partial charge on any atom is -0.465 e. The maximum atomic E-state index is 13.6. The molecule has 2 saturated heterocycles. The fourth-order valence-electron chi connectivity index (χ4n) is 7.53. The van der Waals surface area contributed by atoms with E-state index >= 15 is 0 Å². The van der Waals surface area contributed by atoms with Crippen molar-refractivity contribution in [1.82, 2.24) is 9.80 Å². The Morgan fingerprint density at radius 3 is 1.29 bits per heavy atom. The molecule has 14 heteroatoms. The third-order valence-electron chi connectivity index (χ3n) is 10.3. The normalized spacial score (nSPS) is 16.2. The molecule has 0 aromatic heterocycles. The first-order valence-electron chi connectivity index (χ1n) is 18.5. The third-order valence-corrected chi connectivity index (χ3v) is 10.3. The molecule has 0 bridgehead atoms. The van der Waals surface area contributed by atoms with Gasteiger partial charge in [-0.25, -0.2) is 9.59 Å². The summed E-state index contributed by atoms with van der Waals surface area (Å²) in [5, 5.41) is 30.3. The van der Waals surface area contributed by atoms with Gasteiger partial charge < -0.3 is 30.6 Å². The molecule has 0 spiro atoms. The van der Waals surface area contributed by atoms with E-state index in [1.54, 1.807) is 47.9 Å². The van der Waals surface area contributed by atoms with Crippen LogP contribution in [-0.2, 0) is 32.0 Å². The highest BCUT2D eigenvalue weighted by Crippen LogP contribution is 2.42. The molecule has 2 aliphatic heterocycles. The number of benzene rings is 4. The zero-order valence-corrected chi connectivity index (χ0v) is 31.1. The summed E-state index contributed by atoms with van der Waals surface area (Å²) in [5.41, 5.74) is 3.82. The van der Waals surface area contributed by atoms with Crippen molar-refractivity contribution in [3.63, 3.8) is 0 Å². The van der Waals surface area contributed by atoms with Crippen molar-refractivity contribution in [3.05, 3.63) is 107 Å². The van der Waals surface area contributed by atoms with E-state index in [4.69, 9.17) is 0 Å². The summed E-state index contributed by atoms with van der Waals surface area (Å²) in [6.07, 6.45) is -0.200. The Balaban J connectivity index is 1.25. The first kappa shape index (κ1) is 39.0. The fourth-order valence-corrected chi connectivity index (χ4v) is 7.53. The Morgan fingerprint density at radius 2 is 0.929 bits per heavy atom. The number of amides is 6. The lowest BCUT2D eigenvalue weighted by Crippen LogP contribution is -2.43. The van der Waals surface area contributed by atoms with Crippen molar-refractivity contribution in [2.45, 2.75) is 64.5 Å². The van der Waals surface area contributed by atoms with Crippen LogP contribution in [0.3, 0.4) is 0 Å². The maximum Gasteiger partial charge on any atom is 0.409 e. The van der Waals surface area contributed by atoms with Crippen LogP contribution in [0.25, 0.3) is 11.1 Å². The van der Waals surface area contributed by atoms with Crippen molar-refractivity contribution in [2.75, 3.05) is 34.4 Å². The van der Waals surface area contributed by atoms with Gasteiger partial charge in [-0.3, -0.25) is 29.8 Å². The van der Waals surface area contributed by atoms with Gasteiger partial charge in [0.25, 0.3) is 0 Å². The summed E-state index contributed by atoms with van der Waals surface area (Å²) in [5.74, 6) is -1.15. The summed E-state index contributed by atoms with van der Waals surface area (Å²) in [7, 11) is 0. The zero-order chi connectivity index (χ0) is 39.9. The van der Waals surface area contributed by atoms with Crippen LogP contribution in [0, 0.1) is 13.8 Å². The van der Waals surface area contributed by atoms with Crippen LogP contribution in [-0.4, -0.2) is 81.0 Å². The number of carboxylic acid groups (broad SMARTS) is 2. The first-order valence-corrected chi connectivity index (χ1v) is 18.5. The number of hydrogen-bond acceptors (Lipinski definition) is 6. The quantitative estimate of drug-likeness (QED) is 0.0997. The van der Waals surface area contributed by atoms with Crippen LogP contribution in [0.4, 0.5) is 32.3 Å². The molecule has 4 aromatic rings. The van der Waals surface area contributed by atoms with Gasteiger partial charge in [-0.1, -0.05) is 72.8 Å². The number of hydrogen-bond donors (Lipinski definition) is 6. The van der Waals surface area contributed by atoms with Crippen molar-refractivity contribution in [2.24, 2.45) is 0 Å². The van der Waals surface area contributed by atoms with E-state index in [9.17, 15) is 39.0 Å². The molecule has 2 atom stereocenters. The molecular weight excluding hydrogens is 716 g/mol. The lowest BCUT2D eigenvalue weighted by Gasteiger charge is -2.26. The second kappa shape index (κ2) is 17.2. The average Bonchev–Trinajstić information content (AvgIpc) is 3.87. The highest BCUT2D eigenvalue weighted by atomic mass is 16.4. The standard InChI is InChI=1S/C42H44N6O8/c1-25-31(43-39(51)33-15-9-21-47(33)35(49)23-27-11-5-3-6-12-27)19-17-29(37(25)45-41(53)54)30-18-20-32(26(2)38(30)46-42(55)56)44-40(52)34-16-10-22-48(34)36(50)24-28-13-7-4-8-14-28/h3-8,11-14,17-20,33-34,45-46H,9-10,15-16,21-24H2,1-2H3,(H,43,51)(H,44,52)(H,53,54)(H,55,56)/t33-,34?/m0/s1. The Hall–Kier alpha value is -6.70. The largest absolute Gasteiger partial charge is 0.465 e. The number of carbonyl (C=O) groups excluding carboxylic acids is 4. The van der Waals surface area contributed by atoms with Crippen LogP contribution in [0.5, 0.6) is 0 Å². The van der Waals surface area contributed by atoms with Gasteiger partial charge in [-0.05, 0) is 73.9 Å². The highest BCUT2D eigenvalue weighted by molar-refractivity contribution is 6.05. The van der Waals surface area contributed by atoms with Crippen LogP contribution >= 0.6 is 0 Å². The molecule has 14 nitrogen and oxygen atoms in total. The van der Waals surface area contributed by atoms with Gasteiger partial charge in [0.2, 0.25) is 23.6 Å². The molecule has 2 fully saturated rings. The zero-order valence-electron chi connectivity index (χ0n) is 31.1. The summed E-state index contributed by atoms with van der Waals surface area (Å²) in [4.78, 5) is 81.0. The number of rotatable bonds is 11. The predicted molar refractivity (Wildman–Crippen MR) is 212 cm³/mol. The molecule has 0 aliphatic carbocycles. The summed E-state index contributed by atoms with van der Waals surface area (Å²) in [6.45, 7) is 4.12. The Kier molecular flexibility index (Phi) is 12.0. The van der Waals surface area contributed by atoms with Gasteiger partial charge >= 0.3 is 12.2 Å². The molecule has 1 unspecified atom stereocenters. The number of anilines is 4. The molecule has 2 aliphatic rings. The highest BCUT2D eigenvalue weighted by Gasteiger charge is 2.36. The topological polar surface area (TPSA) is 197 Å². The molecule has 0 saturated carbocycles. The Labute approximate surface area is 323 Å². The van der Waals surface area contributed by atoms with Gasteiger partial charge in [-0.15, -0.1) is 0 Å². The lowest BCUT2D eigenvalue weighted by molar-refractivity contribution is -0.136. The SMILES string of the molecule is Cc1c(NC(=O)C2CCCN2C(=O)Cc2ccccc2)ccc(-c2ccc(NC(=O)[C@@H]3CCCN3C(=O)Cc3ccccc3)c(C)c2NC(=O)O)c1NC(=O)O. The molecule has 0 radical (unpaired) electrons. The third kappa shape index (κ3) is 8.81. The molecule has 56 heavy (non-hydrogen) atoms. The van der Waals surface area contributed by atoms with Crippen molar-refractivity contribution < 1.29 is 39.0 Å². The molecule has 4 aromatic carbocycles. The summed E-state index contributed by atoms with van der Waals surface area (Å²) in [6, 6.07) is 23.5. The summed E-state index contributed by atoms with van der Waals surface area (Å²) >= 11 is 0. The fraction of sp³-hybridized carbons (Fsp3) is 0.286. The van der Waals surface area contributed by atoms with Crippen molar-refractivity contribution >= 4 is 58.6 Å². The van der Waals surface area contributed by atoms with Crippen LogP contribution < -0.4 is 21.3 Å². The number of carbonyl (C=O) groups is 6. The van der Waals surface area contributed by atoms with E-state index in [2.05, 4.69) is 21.3 Å². The van der Waals surface area contributed by atoms with E-state index in [1.807, 2.05) is 60.7 Å². The molecule has 290 valence electrons. The van der Waals surface area contributed by atoms with Crippen LogP contribution in [0.1, 0.15) is 47.9 Å². The van der Waals surface area contributed by atoms with Gasteiger partial charge in [0.1, 0.15) is 12.1 Å². The van der Waals surface area contributed by atoms with E-state index in [0.717, 1.165) is 11.1 Å². The van der Waals surface area contributed by atoms with Gasteiger partial charge in [0.15, 0.2) is 0 Å². The first-order chi connectivity index (χ1) is 26.9. The smallest absolute Gasteiger partial charge is 0.409 e. The second-order valence-electron chi connectivity index (χ2n) is 14.0. The van der Waals surface area contributed by atoms with Gasteiger partial charge in [0.05, 0.1) is 24.2 Å².